The van der Waals surface area contributed by atoms with E-state index in [9.17, 15) is 0 Å². The average molecular weight is 326 g/mol. The number of benzene rings is 1. The quantitative estimate of drug-likeness (QED) is 0.819. The number of para-hydroxylation sites is 1. The summed E-state index contributed by atoms with van der Waals surface area (Å²) in [5.41, 5.74) is 8.71. The van der Waals surface area contributed by atoms with Gasteiger partial charge in [-0.2, -0.15) is 0 Å². The van der Waals surface area contributed by atoms with Crippen molar-refractivity contribution in [2.24, 2.45) is 11.7 Å². The van der Waals surface area contributed by atoms with Gasteiger partial charge in [0.2, 0.25) is 0 Å². The fourth-order valence-electron chi connectivity index (χ4n) is 3.98. The van der Waals surface area contributed by atoms with Crippen molar-refractivity contribution < 1.29 is 0 Å². The maximum Gasteiger partial charge on any atom is 0.103 e. The van der Waals surface area contributed by atoms with Crippen LogP contribution in [0.3, 0.4) is 0 Å². The summed E-state index contributed by atoms with van der Waals surface area (Å²) in [6.45, 7) is 4.07. The average Bonchev–Trinajstić information content (AvgIpc) is 2.62. The van der Waals surface area contributed by atoms with Crippen LogP contribution in [0.5, 0.6) is 0 Å². The molecule has 130 valence electrons. The van der Waals surface area contributed by atoms with Crippen molar-refractivity contribution >= 4 is 5.69 Å². The van der Waals surface area contributed by atoms with Crippen molar-refractivity contribution in [3.05, 3.63) is 53.9 Å². The van der Waals surface area contributed by atoms with E-state index in [1.54, 1.807) is 0 Å². The molecule has 1 unspecified atom stereocenters. The Bertz CT molecular complexity index is 585. The minimum atomic E-state index is 0.565. The molecule has 0 spiro atoms. The van der Waals surface area contributed by atoms with Crippen molar-refractivity contribution in [3.63, 3.8) is 0 Å². The van der Waals surface area contributed by atoms with Crippen molar-refractivity contribution in [2.45, 2.75) is 58.0 Å². The molecule has 3 rings (SSSR count). The zero-order chi connectivity index (χ0) is 16.8. The number of hydrogen-bond donors (Lipinski definition) is 2. The van der Waals surface area contributed by atoms with E-state index >= 15 is 0 Å². The van der Waals surface area contributed by atoms with Gasteiger partial charge in [-0.3, -0.25) is 0 Å². The SMILES string of the molecule is CC(CC1CCCCC1)NCc1ccccc1N1CC=CC=C1N. The Morgan fingerprint density at radius 2 is 2.00 bits per heavy atom. The first-order chi connectivity index (χ1) is 11.7. The van der Waals surface area contributed by atoms with Crippen molar-refractivity contribution in [1.82, 2.24) is 5.32 Å². The van der Waals surface area contributed by atoms with Gasteiger partial charge in [0.1, 0.15) is 5.82 Å². The molecule has 2 aliphatic rings. The summed E-state index contributed by atoms with van der Waals surface area (Å²) in [6.07, 6.45) is 14.6. The van der Waals surface area contributed by atoms with Gasteiger partial charge in [-0.25, -0.2) is 0 Å². The molecule has 24 heavy (non-hydrogen) atoms. The first-order valence-electron chi connectivity index (χ1n) is 9.45. The summed E-state index contributed by atoms with van der Waals surface area (Å²) >= 11 is 0. The van der Waals surface area contributed by atoms with E-state index in [1.165, 1.54) is 49.8 Å². The van der Waals surface area contributed by atoms with Crippen LogP contribution in [-0.4, -0.2) is 12.6 Å². The highest BCUT2D eigenvalue weighted by Crippen LogP contribution is 2.28. The second kappa shape index (κ2) is 8.39. The summed E-state index contributed by atoms with van der Waals surface area (Å²) in [5.74, 6) is 1.74. The van der Waals surface area contributed by atoms with Gasteiger partial charge in [-0.05, 0) is 37.0 Å². The number of hydrogen-bond acceptors (Lipinski definition) is 3. The largest absolute Gasteiger partial charge is 0.385 e. The Morgan fingerprint density at radius 3 is 2.79 bits per heavy atom. The van der Waals surface area contributed by atoms with Crippen LogP contribution >= 0.6 is 0 Å². The third-order valence-corrected chi connectivity index (χ3v) is 5.34. The normalized spacial score (nSPS) is 20.0. The summed E-state index contributed by atoms with van der Waals surface area (Å²) in [5, 5.41) is 3.74. The minimum Gasteiger partial charge on any atom is -0.385 e. The molecule has 0 bridgehead atoms. The van der Waals surface area contributed by atoms with E-state index in [1.807, 2.05) is 12.2 Å². The van der Waals surface area contributed by atoms with Gasteiger partial charge in [0.15, 0.2) is 0 Å². The minimum absolute atomic E-state index is 0.565. The molecule has 1 aliphatic carbocycles. The fourth-order valence-corrected chi connectivity index (χ4v) is 3.98. The molecule has 1 heterocycles. The second-order valence-corrected chi connectivity index (χ2v) is 7.28. The van der Waals surface area contributed by atoms with E-state index < -0.39 is 0 Å². The first kappa shape index (κ1) is 17.1. The van der Waals surface area contributed by atoms with Gasteiger partial charge >= 0.3 is 0 Å². The topological polar surface area (TPSA) is 41.3 Å². The van der Waals surface area contributed by atoms with Gasteiger partial charge in [-0.15, -0.1) is 0 Å². The highest BCUT2D eigenvalue weighted by molar-refractivity contribution is 5.59. The Hall–Kier alpha value is -1.74. The Kier molecular flexibility index (Phi) is 5.97. The third kappa shape index (κ3) is 4.41. The molecule has 3 nitrogen and oxygen atoms in total. The van der Waals surface area contributed by atoms with Crippen LogP contribution in [0.4, 0.5) is 5.69 Å². The standard InChI is InChI=1S/C21H31N3/c1-17(15-18-9-3-2-4-10-18)23-16-19-11-5-6-12-20(19)24-14-8-7-13-21(24)22/h5-8,11-13,17-18,23H,2-4,9-10,14-16,22H2,1H3. The second-order valence-electron chi connectivity index (χ2n) is 7.28. The van der Waals surface area contributed by atoms with Crippen molar-refractivity contribution in [1.29, 1.82) is 0 Å². The van der Waals surface area contributed by atoms with Gasteiger partial charge in [0, 0.05) is 24.8 Å². The Balaban J connectivity index is 1.59. The Morgan fingerprint density at radius 1 is 1.21 bits per heavy atom. The van der Waals surface area contributed by atoms with Gasteiger partial charge in [0.25, 0.3) is 0 Å². The molecule has 1 aliphatic heterocycles. The number of nitrogens with zero attached hydrogens (tertiary/aromatic N) is 1. The van der Waals surface area contributed by atoms with Crippen LogP contribution in [0.1, 0.15) is 51.0 Å². The van der Waals surface area contributed by atoms with Crippen LogP contribution < -0.4 is 16.0 Å². The number of anilines is 1. The monoisotopic (exact) mass is 325 g/mol. The highest BCUT2D eigenvalue weighted by atomic mass is 15.2. The summed E-state index contributed by atoms with van der Waals surface area (Å²) < 4.78 is 0. The van der Waals surface area contributed by atoms with Crippen molar-refractivity contribution in [2.75, 3.05) is 11.4 Å². The molecule has 0 amide bonds. The molecular weight excluding hydrogens is 294 g/mol. The van der Waals surface area contributed by atoms with E-state index in [-0.39, 0.29) is 0 Å². The number of nitrogens with one attached hydrogen (secondary N) is 1. The molecule has 1 atom stereocenters. The number of rotatable bonds is 6. The predicted molar refractivity (Wildman–Crippen MR) is 103 cm³/mol. The molecule has 3 heteroatoms. The predicted octanol–water partition coefficient (Wildman–Crippen LogP) is 4.31. The van der Waals surface area contributed by atoms with Gasteiger partial charge < -0.3 is 16.0 Å². The molecule has 3 N–H and O–H groups in total. The third-order valence-electron chi connectivity index (χ3n) is 5.34. The van der Waals surface area contributed by atoms with Crippen molar-refractivity contribution in [3.8, 4) is 0 Å². The molecule has 1 saturated carbocycles. The number of allylic oxidation sites excluding steroid dienone is 2. The lowest BCUT2D eigenvalue weighted by Crippen LogP contribution is -2.32. The van der Waals surface area contributed by atoms with Crippen LogP contribution in [0, 0.1) is 5.92 Å². The zero-order valence-electron chi connectivity index (χ0n) is 14.9. The molecule has 1 fully saturated rings. The molecule has 1 aromatic carbocycles. The molecule has 0 aromatic heterocycles. The van der Waals surface area contributed by atoms with E-state index in [4.69, 9.17) is 5.73 Å². The van der Waals surface area contributed by atoms with Gasteiger partial charge in [-0.1, -0.05) is 62.5 Å². The first-order valence-corrected chi connectivity index (χ1v) is 9.45. The summed E-state index contributed by atoms with van der Waals surface area (Å²) in [7, 11) is 0. The molecule has 0 radical (unpaired) electrons. The van der Waals surface area contributed by atoms with Crippen LogP contribution in [-0.2, 0) is 6.54 Å². The maximum absolute atomic E-state index is 6.17. The zero-order valence-corrected chi connectivity index (χ0v) is 14.9. The van der Waals surface area contributed by atoms with E-state index in [0.717, 1.165) is 24.8 Å². The van der Waals surface area contributed by atoms with Crippen LogP contribution in [0.15, 0.2) is 48.3 Å². The summed E-state index contributed by atoms with van der Waals surface area (Å²) in [4.78, 5) is 2.18. The molecule has 0 saturated heterocycles. The fraction of sp³-hybridized carbons (Fsp3) is 0.524. The summed E-state index contributed by atoms with van der Waals surface area (Å²) in [6, 6.07) is 9.15. The number of nitrogens with two attached hydrogens (primary N) is 1. The van der Waals surface area contributed by atoms with Crippen LogP contribution in [0.25, 0.3) is 0 Å². The lowest BCUT2D eigenvalue weighted by atomic mass is 9.85. The van der Waals surface area contributed by atoms with Gasteiger partial charge in [0.05, 0.1) is 0 Å². The van der Waals surface area contributed by atoms with E-state index in [2.05, 4.69) is 47.5 Å². The lowest BCUT2D eigenvalue weighted by molar-refractivity contribution is 0.304. The van der Waals surface area contributed by atoms with Crippen LogP contribution in [0.2, 0.25) is 0 Å². The Labute approximate surface area is 146 Å². The molecular formula is C21H31N3. The van der Waals surface area contributed by atoms with E-state index in [0.29, 0.717) is 6.04 Å². The molecule has 1 aromatic rings. The smallest absolute Gasteiger partial charge is 0.103 e. The maximum atomic E-state index is 6.17. The highest BCUT2D eigenvalue weighted by Gasteiger charge is 2.17. The lowest BCUT2D eigenvalue weighted by Gasteiger charge is -2.29.